The van der Waals surface area contributed by atoms with E-state index in [2.05, 4.69) is 31.6 Å². The fourth-order valence-corrected chi connectivity index (χ4v) is 5.49. The van der Waals surface area contributed by atoms with Gasteiger partial charge in [0, 0.05) is 29.9 Å². The number of carboxylic acids is 1. The second kappa shape index (κ2) is 20.5. The smallest absolute Gasteiger partial charge is 0.326 e. The summed E-state index contributed by atoms with van der Waals surface area (Å²) in [6.45, 7) is 8.60. The summed E-state index contributed by atoms with van der Waals surface area (Å²) >= 11 is 0. The topological polar surface area (TPSA) is 311 Å². The van der Waals surface area contributed by atoms with Crippen LogP contribution in [0.3, 0.4) is 0 Å². The Balaban J connectivity index is 2.28. The second-order valence-electron chi connectivity index (χ2n) is 13.9. The molecule has 0 fully saturated rings. The standard InChI is InChI=1S/C35H53N9O9/c1-17(2)12-25(32(49)40-19(5)30(47)41-24(35(52)53)10-11-28(37)45)43-33(50)26(13-18(3)4)44-34(51)27(42-31(48)22(36)15-29(38)46)14-20-16-39-23-9-7-6-8-21(20)23/h6-9,16-19,22,24-27,39H,10-15,36H2,1-5H3,(H2,37,45)(H2,38,46)(H,40,49)(H,41,47)(H,42,48)(H,43,50)(H,44,51)(H,52,53)/t19-,22-,24-,25-,26-,27-/m0/s1. The molecular formula is C35H53N9O9. The Morgan fingerprint density at radius 3 is 1.72 bits per heavy atom. The van der Waals surface area contributed by atoms with Crippen molar-refractivity contribution < 1.29 is 43.5 Å². The number of carbonyl (C=O) groups excluding carboxylic acids is 7. The first-order chi connectivity index (χ1) is 24.8. The number of aromatic nitrogens is 1. The predicted octanol–water partition coefficient (Wildman–Crippen LogP) is -1.20. The van der Waals surface area contributed by atoms with Crippen LogP contribution in [0.5, 0.6) is 0 Å². The Labute approximate surface area is 307 Å². The molecule has 6 atom stereocenters. The van der Waals surface area contributed by atoms with Gasteiger partial charge < -0.3 is 53.9 Å². The van der Waals surface area contributed by atoms with Gasteiger partial charge in [-0.2, -0.15) is 0 Å². The number of amides is 7. The molecule has 0 saturated heterocycles. The molecule has 292 valence electrons. The predicted molar refractivity (Wildman–Crippen MR) is 194 cm³/mol. The fourth-order valence-electron chi connectivity index (χ4n) is 5.49. The average molecular weight is 744 g/mol. The van der Waals surface area contributed by atoms with E-state index in [1.807, 2.05) is 52.0 Å². The molecule has 13 N–H and O–H groups in total. The van der Waals surface area contributed by atoms with E-state index in [9.17, 15) is 43.5 Å². The van der Waals surface area contributed by atoms with Crippen molar-refractivity contribution >= 4 is 58.2 Å². The summed E-state index contributed by atoms with van der Waals surface area (Å²) in [6.07, 6.45) is 0.972. The van der Waals surface area contributed by atoms with Crippen LogP contribution in [0.4, 0.5) is 0 Å². The van der Waals surface area contributed by atoms with Crippen molar-refractivity contribution in [3.05, 3.63) is 36.0 Å². The fraction of sp³-hybridized carbons (Fsp3) is 0.543. The number of fused-ring (bicyclic) bond motifs is 1. The summed E-state index contributed by atoms with van der Waals surface area (Å²) in [7, 11) is 0. The average Bonchev–Trinajstić information content (AvgIpc) is 3.46. The third-order valence-corrected chi connectivity index (χ3v) is 8.22. The van der Waals surface area contributed by atoms with E-state index >= 15 is 0 Å². The third-order valence-electron chi connectivity index (χ3n) is 8.22. The van der Waals surface area contributed by atoms with Crippen LogP contribution in [-0.4, -0.2) is 93.7 Å². The molecule has 0 saturated carbocycles. The van der Waals surface area contributed by atoms with Crippen molar-refractivity contribution in [2.75, 3.05) is 0 Å². The number of primary amides is 2. The first kappa shape index (κ1) is 43.6. The molecule has 1 heterocycles. The Morgan fingerprint density at radius 1 is 0.679 bits per heavy atom. The van der Waals surface area contributed by atoms with E-state index in [-0.39, 0.29) is 43.9 Å². The highest BCUT2D eigenvalue weighted by atomic mass is 16.4. The van der Waals surface area contributed by atoms with Gasteiger partial charge in [-0.15, -0.1) is 0 Å². The van der Waals surface area contributed by atoms with E-state index in [1.54, 1.807) is 6.20 Å². The number of para-hydroxylation sites is 1. The number of H-pyrrole nitrogens is 1. The first-order valence-corrected chi connectivity index (χ1v) is 17.4. The van der Waals surface area contributed by atoms with Crippen LogP contribution in [-0.2, 0) is 44.8 Å². The van der Waals surface area contributed by atoms with Crippen LogP contribution >= 0.6 is 0 Å². The Hall–Kier alpha value is -5.52. The molecule has 0 aliphatic heterocycles. The van der Waals surface area contributed by atoms with E-state index in [4.69, 9.17) is 17.2 Å². The molecule has 2 aromatic rings. The van der Waals surface area contributed by atoms with Crippen molar-refractivity contribution in [3.8, 4) is 0 Å². The van der Waals surface area contributed by atoms with Crippen LogP contribution in [0.1, 0.15) is 72.3 Å². The lowest BCUT2D eigenvalue weighted by atomic mass is 9.99. The maximum absolute atomic E-state index is 13.9. The lowest BCUT2D eigenvalue weighted by molar-refractivity contribution is -0.142. The summed E-state index contributed by atoms with van der Waals surface area (Å²) in [6, 6.07) is -0.236. The van der Waals surface area contributed by atoms with Crippen LogP contribution < -0.4 is 43.8 Å². The zero-order valence-electron chi connectivity index (χ0n) is 30.7. The van der Waals surface area contributed by atoms with Gasteiger partial charge in [0.15, 0.2) is 0 Å². The zero-order chi connectivity index (χ0) is 40.0. The molecule has 2 rings (SSSR count). The Kier molecular flexibility index (Phi) is 16.9. The molecular weight excluding hydrogens is 690 g/mol. The molecule has 53 heavy (non-hydrogen) atoms. The quantitative estimate of drug-likeness (QED) is 0.0687. The van der Waals surface area contributed by atoms with E-state index in [0.29, 0.717) is 5.56 Å². The zero-order valence-corrected chi connectivity index (χ0v) is 30.7. The van der Waals surface area contributed by atoms with E-state index < -0.39 is 90.0 Å². The number of nitrogens with two attached hydrogens (primary N) is 3. The second-order valence-corrected chi connectivity index (χ2v) is 13.9. The number of hydrogen-bond acceptors (Lipinski definition) is 9. The minimum absolute atomic E-state index is 0.00943. The maximum atomic E-state index is 13.9. The van der Waals surface area contributed by atoms with Crippen LogP contribution in [0.25, 0.3) is 10.9 Å². The lowest BCUT2D eigenvalue weighted by Gasteiger charge is -2.28. The van der Waals surface area contributed by atoms with Gasteiger partial charge in [-0.3, -0.25) is 33.6 Å². The number of rotatable bonds is 22. The Morgan fingerprint density at radius 2 is 1.19 bits per heavy atom. The molecule has 0 unspecified atom stereocenters. The summed E-state index contributed by atoms with van der Waals surface area (Å²) in [5.74, 6) is -6.98. The summed E-state index contributed by atoms with van der Waals surface area (Å²) in [5, 5.41) is 22.9. The van der Waals surface area contributed by atoms with Crippen molar-refractivity contribution in [1.29, 1.82) is 0 Å². The van der Waals surface area contributed by atoms with E-state index in [1.165, 1.54) is 6.92 Å². The Bertz CT molecular complexity index is 1640. The minimum atomic E-state index is -1.43. The van der Waals surface area contributed by atoms with Crippen molar-refractivity contribution in [1.82, 2.24) is 31.6 Å². The summed E-state index contributed by atoms with van der Waals surface area (Å²) in [5.41, 5.74) is 17.6. The first-order valence-electron chi connectivity index (χ1n) is 17.4. The van der Waals surface area contributed by atoms with Gasteiger partial charge in [0.05, 0.1) is 12.5 Å². The van der Waals surface area contributed by atoms with Gasteiger partial charge in [-0.1, -0.05) is 45.9 Å². The highest BCUT2D eigenvalue weighted by Gasteiger charge is 2.33. The number of benzene rings is 1. The van der Waals surface area contributed by atoms with Gasteiger partial charge in [-0.25, -0.2) is 4.79 Å². The van der Waals surface area contributed by atoms with Gasteiger partial charge in [0.25, 0.3) is 0 Å². The van der Waals surface area contributed by atoms with Crippen LogP contribution in [0, 0.1) is 11.8 Å². The molecule has 1 aromatic heterocycles. The number of carbonyl (C=O) groups is 8. The number of aromatic amines is 1. The molecule has 1 aromatic carbocycles. The van der Waals surface area contributed by atoms with E-state index in [0.717, 1.165) is 10.9 Å². The molecule has 0 aliphatic rings. The largest absolute Gasteiger partial charge is 0.480 e. The normalized spacial score (nSPS) is 14.6. The highest BCUT2D eigenvalue weighted by Crippen LogP contribution is 2.20. The number of carboxylic acid groups (broad SMARTS) is 1. The van der Waals surface area contributed by atoms with Crippen molar-refractivity contribution in [3.63, 3.8) is 0 Å². The number of nitrogens with one attached hydrogen (secondary N) is 6. The highest BCUT2D eigenvalue weighted by molar-refractivity contribution is 5.97. The number of hydrogen-bond donors (Lipinski definition) is 10. The lowest BCUT2D eigenvalue weighted by Crippen LogP contribution is -2.59. The molecule has 18 nitrogen and oxygen atoms in total. The van der Waals surface area contributed by atoms with Gasteiger partial charge in [-0.05, 0) is 49.7 Å². The minimum Gasteiger partial charge on any atom is -0.480 e. The summed E-state index contributed by atoms with van der Waals surface area (Å²) < 4.78 is 0. The summed E-state index contributed by atoms with van der Waals surface area (Å²) in [4.78, 5) is 104. The molecule has 0 bridgehead atoms. The monoisotopic (exact) mass is 743 g/mol. The van der Waals surface area contributed by atoms with Crippen LogP contribution in [0.2, 0.25) is 0 Å². The SMILES string of the molecule is CC(C)C[C@H](NC(=O)[C@H](CC(C)C)NC(=O)[C@H](Cc1c[nH]c2ccccc12)NC(=O)[C@@H](N)CC(N)=O)C(=O)N[C@@H](C)C(=O)N[C@@H](CCC(N)=O)C(=O)O. The molecule has 0 spiro atoms. The molecule has 7 amide bonds. The molecule has 18 heteroatoms. The van der Waals surface area contributed by atoms with Gasteiger partial charge >= 0.3 is 5.97 Å². The maximum Gasteiger partial charge on any atom is 0.326 e. The molecule has 0 radical (unpaired) electrons. The van der Waals surface area contributed by atoms with Gasteiger partial charge in [0.2, 0.25) is 41.4 Å². The third kappa shape index (κ3) is 14.6. The van der Waals surface area contributed by atoms with Crippen LogP contribution in [0.15, 0.2) is 30.5 Å². The van der Waals surface area contributed by atoms with Gasteiger partial charge in [0.1, 0.15) is 30.2 Å². The van der Waals surface area contributed by atoms with Crippen molar-refractivity contribution in [2.45, 2.75) is 109 Å². The molecule has 0 aliphatic carbocycles. The number of aliphatic carboxylic acids is 1. The van der Waals surface area contributed by atoms with Crippen molar-refractivity contribution in [2.24, 2.45) is 29.0 Å².